The van der Waals surface area contributed by atoms with Gasteiger partial charge >= 0.3 is 0 Å². The van der Waals surface area contributed by atoms with E-state index in [9.17, 15) is 4.79 Å². The van der Waals surface area contributed by atoms with Gasteiger partial charge in [-0.05, 0) is 11.6 Å². The molecule has 0 fully saturated rings. The molecule has 0 atom stereocenters. The number of carbonyl (C=O) groups is 1. The van der Waals surface area contributed by atoms with Gasteiger partial charge in [0.1, 0.15) is 0 Å². The second-order valence-corrected chi connectivity index (χ2v) is 4.16. The molecule has 98 valence electrons. The lowest BCUT2D eigenvalue weighted by Crippen LogP contribution is -2.15. The summed E-state index contributed by atoms with van der Waals surface area (Å²) in [6.07, 6.45) is 5.52. The number of nitrogens with zero attached hydrogens (tertiary/aromatic N) is 2. The van der Waals surface area contributed by atoms with Gasteiger partial charge < -0.3 is 11.1 Å². The maximum absolute atomic E-state index is 11.0. The Morgan fingerprint density at radius 1 is 1.47 bits per heavy atom. The number of hydrogen-bond donors (Lipinski definition) is 2. The first-order valence-corrected chi connectivity index (χ1v) is 5.94. The first-order valence-electron chi connectivity index (χ1n) is 5.94. The van der Waals surface area contributed by atoms with Crippen molar-refractivity contribution in [3.8, 4) is 0 Å². The molecule has 0 saturated heterocycles. The molecule has 19 heavy (non-hydrogen) atoms. The Balaban J connectivity index is 2.06. The van der Waals surface area contributed by atoms with Crippen LogP contribution in [0.25, 0.3) is 6.20 Å². The normalized spacial score (nSPS) is 10.1. The van der Waals surface area contributed by atoms with Crippen molar-refractivity contribution in [3.05, 3.63) is 54.4 Å². The third-order valence-electron chi connectivity index (χ3n) is 2.71. The van der Waals surface area contributed by atoms with Gasteiger partial charge in [0, 0.05) is 30.2 Å². The van der Waals surface area contributed by atoms with E-state index in [1.807, 2.05) is 30.5 Å². The van der Waals surface area contributed by atoms with E-state index < -0.39 is 0 Å². The first-order chi connectivity index (χ1) is 9.19. The molecule has 1 heterocycles. The number of hydrogen-bond acceptors (Lipinski definition) is 3. The van der Waals surface area contributed by atoms with Crippen molar-refractivity contribution in [3.63, 3.8) is 0 Å². The van der Waals surface area contributed by atoms with Crippen molar-refractivity contribution in [2.45, 2.75) is 13.0 Å². The topological polar surface area (TPSA) is 72.9 Å². The molecule has 0 spiro atoms. The number of para-hydroxylation sites is 1. The largest absolute Gasteiger partial charge is 0.381 e. The van der Waals surface area contributed by atoms with E-state index in [0.717, 1.165) is 16.8 Å². The predicted octanol–water partition coefficient (Wildman–Crippen LogP) is 1.62. The van der Waals surface area contributed by atoms with Gasteiger partial charge in [-0.25, -0.2) is 4.68 Å². The molecule has 0 aliphatic carbocycles. The minimum absolute atomic E-state index is 0.231. The molecule has 0 bridgehead atoms. The lowest BCUT2D eigenvalue weighted by atomic mass is 10.1. The number of rotatable bonds is 6. The molecule has 3 N–H and O–H groups in total. The van der Waals surface area contributed by atoms with E-state index in [1.165, 1.54) is 0 Å². The van der Waals surface area contributed by atoms with E-state index in [4.69, 9.17) is 5.73 Å². The lowest BCUT2D eigenvalue weighted by Gasteiger charge is -2.09. The van der Waals surface area contributed by atoms with Gasteiger partial charge in [0.2, 0.25) is 5.91 Å². The Bertz CT molecular complexity index is 589. The Hall–Kier alpha value is -2.56. The molecule has 5 nitrogen and oxygen atoms in total. The summed E-state index contributed by atoms with van der Waals surface area (Å²) in [4.78, 5) is 11.0. The van der Waals surface area contributed by atoms with E-state index in [2.05, 4.69) is 17.0 Å². The van der Waals surface area contributed by atoms with Crippen LogP contribution in [0.1, 0.15) is 11.1 Å². The summed E-state index contributed by atoms with van der Waals surface area (Å²) in [6.45, 7) is 4.27. The Morgan fingerprint density at radius 2 is 2.26 bits per heavy atom. The molecule has 0 aliphatic heterocycles. The van der Waals surface area contributed by atoms with Crippen molar-refractivity contribution in [1.82, 2.24) is 9.78 Å². The van der Waals surface area contributed by atoms with Crippen molar-refractivity contribution < 1.29 is 4.79 Å². The molecule has 2 rings (SSSR count). The number of primary amides is 1. The van der Waals surface area contributed by atoms with Crippen molar-refractivity contribution >= 4 is 17.8 Å². The van der Waals surface area contributed by atoms with Crippen LogP contribution in [0.5, 0.6) is 0 Å². The van der Waals surface area contributed by atoms with Crippen LogP contribution >= 0.6 is 0 Å². The minimum atomic E-state index is -0.339. The molecule has 0 radical (unpaired) electrons. The third-order valence-corrected chi connectivity index (χ3v) is 2.71. The van der Waals surface area contributed by atoms with Gasteiger partial charge in [-0.2, -0.15) is 5.10 Å². The summed E-state index contributed by atoms with van der Waals surface area (Å²) < 4.78 is 1.65. The van der Waals surface area contributed by atoms with Gasteiger partial charge in [0.25, 0.3) is 0 Å². The fraction of sp³-hybridized carbons (Fsp3) is 0.143. The van der Waals surface area contributed by atoms with Crippen LogP contribution in [0.3, 0.4) is 0 Å². The number of benzene rings is 1. The average molecular weight is 256 g/mol. The van der Waals surface area contributed by atoms with Crippen molar-refractivity contribution in [2.24, 2.45) is 5.73 Å². The summed E-state index contributed by atoms with van der Waals surface area (Å²) in [5.74, 6) is -0.339. The molecule has 1 aromatic heterocycles. The molecule has 2 aromatic rings. The zero-order chi connectivity index (χ0) is 13.7. The van der Waals surface area contributed by atoms with Crippen LogP contribution in [-0.2, 0) is 17.8 Å². The van der Waals surface area contributed by atoms with Crippen LogP contribution in [0, 0.1) is 0 Å². The maximum atomic E-state index is 11.0. The highest BCUT2D eigenvalue weighted by Crippen LogP contribution is 2.16. The van der Waals surface area contributed by atoms with E-state index in [0.29, 0.717) is 6.54 Å². The number of aromatic nitrogens is 2. The quantitative estimate of drug-likeness (QED) is 0.825. The van der Waals surface area contributed by atoms with Crippen molar-refractivity contribution in [1.29, 1.82) is 0 Å². The summed E-state index contributed by atoms with van der Waals surface area (Å²) in [5, 5.41) is 7.38. The zero-order valence-electron chi connectivity index (χ0n) is 10.5. The third kappa shape index (κ3) is 3.45. The van der Waals surface area contributed by atoms with Gasteiger partial charge in [-0.1, -0.05) is 24.8 Å². The van der Waals surface area contributed by atoms with Crippen LogP contribution in [-0.4, -0.2) is 15.7 Å². The highest BCUT2D eigenvalue weighted by molar-refractivity contribution is 5.78. The Kier molecular flexibility index (Phi) is 3.97. The molecule has 5 heteroatoms. The number of nitrogens with one attached hydrogen (secondary N) is 1. The van der Waals surface area contributed by atoms with Gasteiger partial charge in [-0.3, -0.25) is 4.79 Å². The molecule has 0 saturated carbocycles. The maximum Gasteiger partial charge on any atom is 0.221 e. The summed E-state index contributed by atoms with van der Waals surface area (Å²) in [5.41, 5.74) is 8.07. The average Bonchev–Trinajstić information content (AvgIpc) is 2.85. The molecular formula is C14H16N4O. The van der Waals surface area contributed by atoms with Crippen LogP contribution in [0.15, 0.2) is 43.2 Å². The number of amides is 1. The van der Waals surface area contributed by atoms with Crippen LogP contribution in [0.2, 0.25) is 0 Å². The first kappa shape index (κ1) is 12.9. The summed E-state index contributed by atoms with van der Waals surface area (Å²) in [6, 6.07) is 7.62. The fourth-order valence-corrected chi connectivity index (χ4v) is 1.80. The van der Waals surface area contributed by atoms with Crippen molar-refractivity contribution in [2.75, 3.05) is 5.32 Å². The SMILES string of the molecule is C=Cn1cc(CNc2ccccc2CC(N)=O)cn1. The summed E-state index contributed by atoms with van der Waals surface area (Å²) in [7, 11) is 0. The molecule has 1 aromatic carbocycles. The van der Waals surface area contributed by atoms with E-state index in [1.54, 1.807) is 17.1 Å². The Morgan fingerprint density at radius 3 is 2.95 bits per heavy atom. The minimum Gasteiger partial charge on any atom is -0.381 e. The fourth-order valence-electron chi connectivity index (χ4n) is 1.80. The molecule has 1 amide bonds. The number of nitrogens with two attached hydrogens (primary N) is 1. The van der Waals surface area contributed by atoms with Gasteiger partial charge in [0.05, 0.1) is 12.6 Å². The molecule has 0 aliphatic rings. The highest BCUT2D eigenvalue weighted by atomic mass is 16.1. The number of anilines is 1. The summed E-state index contributed by atoms with van der Waals surface area (Å²) >= 11 is 0. The second-order valence-electron chi connectivity index (χ2n) is 4.16. The molecular weight excluding hydrogens is 240 g/mol. The van der Waals surface area contributed by atoms with Gasteiger partial charge in [-0.15, -0.1) is 0 Å². The Labute approximate surface area is 111 Å². The highest BCUT2D eigenvalue weighted by Gasteiger charge is 2.05. The second kappa shape index (κ2) is 5.86. The van der Waals surface area contributed by atoms with Crippen LogP contribution in [0.4, 0.5) is 5.69 Å². The van der Waals surface area contributed by atoms with Crippen LogP contribution < -0.4 is 11.1 Å². The lowest BCUT2D eigenvalue weighted by molar-refractivity contribution is -0.117. The van der Waals surface area contributed by atoms with Gasteiger partial charge in [0.15, 0.2) is 0 Å². The zero-order valence-corrected chi connectivity index (χ0v) is 10.5. The smallest absolute Gasteiger partial charge is 0.221 e. The van der Waals surface area contributed by atoms with E-state index in [-0.39, 0.29) is 12.3 Å². The standard InChI is InChI=1S/C14H16N4O/c1-2-18-10-11(9-17-18)8-16-13-6-4-3-5-12(13)7-14(15)19/h2-6,9-10,16H,1,7-8H2,(H2,15,19). The number of carbonyl (C=O) groups excluding carboxylic acids is 1. The monoisotopic (exact) mass is 256 g/mol. The predicted molar refractivity (Wildman–Crippen MR) is 75.3 cm³/mol. The van der Waals surface area contributed by atoms with E-state index >= 15 is 0 Å². The molecule has 0 unspecified atom stereocenters.